The summed E-state index contributed by atoms with van der Waals surface area (Å²) < 4.78 is 23.5. The Morgan fingerprint density at radius 3 is 3.28 bits per heavy atom. The van der Waals surface area contributed by atoms with Crippen LogP contribution in [0, 0.1) is 5.82 Å². The van der Waals surface area contributed by atoms with Gasteiger partial charge >= 0.3 is 0 Å². The van der Waals surface area contributed by atoms with Crippen LogP contribution in [0.2, 0.25) is 0 Å². The van der Waals surface area contributed by atoms with Crippen molar-refractivity contribution in [2.75, 3.05) is 26.9 Å². The van der Waals surface area contributed by atoms with Crippen molar-refractivity contribution >= 4 is 5.96 Å². The minimum atomic E-state index is -0.291. The van der Waals surface area contributed by atoms with Gasteiger partial charge < -0.3 is 20.5 Å². The fraction of sp³-hybridized carbons (Fsp3) is 0.417. The first kappa shape index (κ1) is 12.6. The monoisotopic (exact) mass is 253 g/mol. The van der Waals surface area contributed by atoms with Crippen molar-refractivity contribution in [3.8, 4) is 5.75 Å². The number of nitrogens with zero attached hydrogens (tertiary/aromatic N) is 1. The van der Waals surface area contributed by atoms with Gasteiger partial charge in [0.25, 0.3) is 0 Å². The highest BCUT2D eigenvalue weighted by atomic mass is 19.1. The predicted molar refractivity (Wildman–Crippen MR) is 66.1 cm³/mol. The molecule has 1 atom stereocenters. The second-order valence-corrected chi connectivity index (χ2v) is 3.95. The average molecular weight is 253 g/mol. The molecule has 0 spiro atoms. The summed E-state index contributed by atoms with van der Waals surface area (Å²) in [5, 5.41) is 3.00. The molecular formula is C12H16FN3O2. The van der Waals surface area contributed by atoms with E-state index < -0.39 is 0 Å². The van der Waals surface area contributed by atoms with E-state index in [9.17, 15) is 4.39 Å². The maximum atomic E-state index is 13.2. The molecule has 0 aromatic heterocycles. The van der Waals surface area contributed by atoms with Crippen LogP contribution in [0.3, 0.4) is 0 Å². The Morgan fingerprint density at radius 2 is 2.50 bits per heavy atom. The van der Waals surface area contributed by atoms with Crippen molar-refractivity contribution in [3.63, 3.8) is 0 Å². The molecule has 1 aromatic carbocycles. The van der Waals surface area contributed by atoms with Gasteiger partial charge in [0.15, 0.2) is 5.96 Å². The van der Waals surface area contributed by atoms with E-state index in [1.54, 1.807) is 13.2 Å². The number of hydrogen-bond acceptors (Lipinski definition) is 3. The van der Waals surface area contributed by atoms with Crippen LogP contribution in [0.4, 0.5) is 4.39 Å². The van der Waals surface area contributed by atoms with Crippen molar-refractivity contribution in [2.24, 2.45) is 10.7 Å². The van der Waals surface area contributed by atoms with E-state index in [2.05, 4.69) is 10.3 Å². The van der Waals surface area contributed by atoms with E-state index >= 15 is 0 Å². The van der Waals surface area contributed by atoms with E-state index in [-0.39, 0.29) is 11.9 Å². The molecule has 5 nitrogen and oxygen atoms in total. The highest BCUT2D eigenvalue weighted by Gasteiger charge is 2.24. The second kappa shape index (κ2) is 5.68. The van der Waals surface area contributed by atoms with Gasteiger partial charge in [-0.15, -0.1) is 0 Å². The third kappa shape index (κ3) is 2.89. The standard InChI is InChI=1S/C12H16FN3O2/c1-17-5-4-15-12(14)16-10-7-18-11-3-2-8(13)6-9(10)11/h2-3,6,10H,4-5,7H2,1H3,(H3,14,15,16). The van der Waals surface area contributed by atoms with Crippen molar-refractivity contribution in [3.05, 3.63) is 29.6 Å². The minimum Gasteiger partial charge on any atom is -0.491 e. The van der Waals surface area contributed by atoms with Crippen LogP contribution < -0.4 is 15.8 Å². The predicted octanol–water partition coefficient (Wildman–Crippen LogP) is 0.810. The summed E-state index contributed by atoms with van der Waals surface area (Å²) in [7, 11) is 1.60. The van der Waals surface area contributed by atoms with Gasteiger partial charge in [0.05, 0.1) is 19.2 Å². The Balaban J connectivity index is 2.01. The molecule has 1 heterocycles. The molecule has 0 fully saturated rings. The van der Waals surface area contributed by atoms with Crippen molar-refractivity contribution < 1.29 is 13.9 Å². The molecule has 3 N–H and O–H groups in total. The van der Waals surface area contributed by atoms with Gasteiger partial charge in [0, 0.05) is 12.7 Å². The Morgan fingerprint density at radius 1 is 1.67 bits per heavy atom. The number of fused-ring (bicyclic) bond motifs is 1. The normalized spacial score (nSPS) is 18.3. The van der Waals surface area contributed by atoms with E-state index in [0.29, 0.717) is 31.5 Å². The molecule has 18 heavy (non-hydrogen) atoms. The summed E-state index contributed by atoms with van der Waals surface area (Å²) in [5.41, 5.74) is 6.49. The number of nitrogens with one attached hydrogen (secondary N) is 1. The van der Waals surface area contributed by atoms with Crippen LogP contribution in [0.15, 0.2) is 23.2 Å². The van der Waals surface area contributed by atoms with E-state index in [4.69, 9.17) is 15.2 Å². The first-order valence-corrected chi connectivity index (χ1v) is 5.68. The van der Waals surface area contributed by atoms with Crippen molar-refractivity contribution in [1.29, 1.82) is 0 Å². The van der Waals surface area contributed by atoms with E-state index in [1.165, 1.54) is 12.1 Å². The number of hydrogen-bond donors (Lipinski definition) is 2. The van der Waals surface area contributed by atoms with Crippen molar-refractivity contribution in [1.82, 2.24) is 5.32 Å². The number of nitrogens with two attached hydrogens (primary N) is 1. The van der Waals surface area contributed by atoms with Gasteiger partial charge in [-0.2, -0.15) is 0 Å². The number of ether oxygens (including phenoxy) is 2. The SMILES string of the molecule is COCCN=C(N)NC1COc2ccc(F)cc21. The molecule has 98 valence electrons. The molecule has 0 aliphatic carbocycles. The summed E-state index contributed by atoms with van der Waals surface area (Å²) in [5.74, 6) is 0.692. The highest BCUT2D eigenvalue weighted by molar-refractivity contribution is 5.78. The third-order valence-electron chi connectivity index (χ3n) is 2.65. The zero-order chi connectivity index (χ0) is 13.0. The third-order valence-corrected chi connectivity index (χ3v) is 2.65. The Kier molecular flexibility index (Phi) is 3.99. The van der Waals surface area contributed by atoms with Gasteiger partial charge in [-0.05, 0) is 18.2 Å². The lowest BCUT2D eigenvalue weighted by Gasteiger charge is -2.12. The topological polar surface area (TPSA) is 68.9 Å². The molecule has 0 amide bonds. The smallest absolute Gasteiger partial charge is 0.189 e. The van der Waals surface area contributed by atoms with Crippen LogP contribution in [-0.4, -0.2) is 32.8 Å². The van der Waals surface area contributed by atoms with Crippen LogP contribution in [-0.2, 0) is 4.74 Å². The lowest BCUT2D eigenvalue weighted by Crippen LogP contribution is -2.36. The maximum absolute atomic E-state index is 13.2. The number of benzene rings is 1. The van der Waals surface area contributed by atoms with E-state index in [1.807, 2.05) is 0 Å². The van der Waals surface area contributed by atoms with Gasteiger partial charge in [-0.1, -0.05) is 0 Å². The zero-order valence-electron chi connectivity index (χ0n) is 10.1. The molecular weight excluding hydrogens is 237 g/mol. The van der Waals surface area contributed by atoms with Gasteiger partial charge in [0.2, 0.25) is 0 Å². The largest absolute Gasteiger partial charge is 0.491 e. The fourth-order valence-electron chi connectivity index (χ4n) is 1.79. The Labute approximate surface area is 105 Å². The van der Waals surface area contributed by atoms with Crippen molar-refractivity contribution in [2.45, 2.75) is 6.04 Å². The average Bonchev–Trinajstić information content (AvgIpc) is 2.72. The summed E-state index contributed by atoms with van der Waals surface area (Å²) in [6.07, 6.45) is 0. The maximum Gasteiger partial charge on any atom is 0.189 e. The lowest BCUT2D eigenvalue weighted by atomic mass is 10.1. The number of rotatable bonds is 4. The molecule has 6 heteroatoms. The molecule has 0 saturated carbocycles. The molecule has 2 rings (SSSR count). The van der Waals surface area contributed by atoms with Gasteiger partial charge in [-0.25, -0.2) is 4.39 Å². The fourth-order valence-corrected chi connectivity index (χ4v) is 1.79. The number of guanidine groups is 1. The second-order valence-electron chi connectivity index (χ2n) is 3.95. The first-order valence-electron chi connectivity index (χ1n) is 5.68. The highest BCUT2D eigenvalue weighted by Crippen LogP contribution is 2.32. The minimum absolute atomic E-state index is 0.165. The summed E-state index contributed by atoms with van der Waals surface area (Å²) >= 11 is 0. The summed E-state index contributed by atoms with van der Waals surface area (Å²) in [6.45, 7) is 1.41. The molecule has 1 aliphatic heterocycles. The Bertz CT molecular complexity index is 451. The van der Waals surface area contributed by atoms with Crippen LogP contribution in [0.5, 0.6) is 5.75 Å². The van der Waals surface area contributed by atoms with Crippen LogP contribution >= 0.6 is 0 Å². The van der Waals surface area contributed by atoms with E-state index in [0.717, 1.165) is 5.56 Å². The summed E-state index contributed by atoms with van der Waals surface area (Å²) in [4.78, 5) is 4.08. The van der Waals surface area contributed by atoms with Gasteiger partial charge in [0.1, 0.15) is 18.2 Å². The first-order chi connectivity index (χ1) is 8.70. The number of aliphatic imine (C=N–C) groups is 1. The van der Waals surface area contributed by atoms with Crippen LogP contribution in [0.1, 0.15) is 11.6 Å². The molecule has 0 radical (unpaired) electrons. The quantitative estimate of drug-likeness (QED) is 0.473. The molecule has 0 saturated heterocycles. The Hall–Kier alpha value is -1.82. The van der Waals surface area contributed by atoms with Gasteiger partial charge in [-0.3, -0.25) is 4.99 Å². The number of methoxy groups -OCH3 is 1. The molecule has 1 aromatic rings. The molecule has 1 aliphatic rings. The zero-order valence-corrected chi connectivity index (χ0v) is 10.1. The molecule has 0 bridgehead atoms. The lowest BCUT2D eigenvalue weighted by molar-refractivity contribution is 0.208. The number of halogens is 1. The summed E-state index contributed by atoms with van der Waals surface area (Å²) in [6, 6.07) is 4.27. The van der Waals surface area contributed by atoms with Crippen LogP contribution in [0.25, 0.3) is 0 Å². The molecule has 1 unspecified atom stereocenters.